The smallest absolute Gasteiger partial charge is 0.225 e. The zero-order valence-electron chi connectivity index (χ0n) is 16.8. The number of benzene rings is 2. The predicted molar refractivity (Wildman–Crippen MR) is 111 cm³/mol. The maximum Gasteiger partial charge on any atom is 0.225 e. The van der Waals surface area contributed by atoms with Gasteiger partial charge in [-0.1, -0.05) is 30.3 Å². The molecule has 2 aromatic carbocycles. The number of para-hydroxylation sites is 1. The van der Waals surface area contributed by atoms with Crippen LogP contribution in [0.25, 0.3) is 0 Å². The first kappa shape index (κ1) is 20.7. The monoisotopic (exact) mass is 396 g/mol. The quantitative estimate of drug-likeness (QED) is 0.745. The number of carbonyl (C=O) groups excluding carboxylic acids is 2. The van der Waals surface area contributed by atoms with E-state index in [0.29, 0.717) is 45.5 Å². The summed E-state index contributed by atoms with van der Waals surface area (Å²) in [4.78, 5) is 26.6. The van der Waals surface area contributed by atoms with Crippen molar-refractivity contribution >= 4 is 11.8 Å². The largest absolute Gasteiger partial charge is 0.497 e. The van der Waals surface area contributed by atoms with Gasteiger partial charge in [0.15, 0.2) is 0 Å². The van der Waals surface area contributed by atoms with Crippen molar-refractivity contribution in [2.45, 2.75) is 25.8 Å². The van der Waals surface area contributed by atoms with Gasteiger partial charge >= 0.3 is 0 Å². The van der Waals surface area contributed by atoms with E-state index in [4.69, 9.17) is 9.47 Å². The topological polar surface area (TPSA) is 67.9 Å². The second-order valence-corrected chi connectivity index (χ2v) is 7.13. The molecule has 1 aliphatic heterocycles. The van der Waals surface area contributed by atoms with Crippen LogP contribution < -0.4 is 14.8 Å². The van der Waals surface area contributed by atoms with E-state index in [2.05, 4.69) is 5.32 Å². The number of hydrogen-bond donors (Lipinski definition) is 1. The van der Waals surface area contributed by atoms with Gasteiger partial charge in [-0.25, -0.2) is 0 Å². The molecule has 1 N–H and O–H groups in total. The molecule has 6 heteroatoms. The lowest BCUT2D eigenvalue weighted by Crippen LogP contribution is -2.43. The van der Waals surface area contributed by atoms with Crippen LogP contribution in [0.2, 0.25) is 0 Å². The molecule has 2 amide bonds. The second-order valence-electron chi connectivity index (χ2n) is 7.13. The molecule has 0 aromatic heterocycles. The molecule has 0 spiro atoms. The Hall–Kier alpha value is -3.02. The van der Waals surface area contributed by atoms with Crippen LogP contribution in [0.3, 0.4) is 0 Å². The zero-order valence-corrected chi connectivity index (χ0v) is 16.8. The summed E-state index contributed by atoms with van der Waals surface area (Å²) in [7, 11) is 1.63. The highest BCUT2D eigenvalue weighted by Crippen LogP contribution is 2.19. The van der Waals surface area contributed by atoms with Gasteiger partial charge in [-0.3, -0.25) is 9.59 Å². The average Bonchev–Trinajstić information content (AvgIpc) is 2.78. The molecule has 29 heavy (non-hydrogen) atoms. The third-order valence-corrected chi connectivity index (χ3v) is 5.17. The predicted octanol–water partition coefficient (Wildman–Crippen LogP) is 3.02. The Morgan fingerprint density at radius 3 is 2.34 bits per heavy atom. The van der Waals surface area contributed by atoms with Crippen LogP contribution in [-0.4, -0.2) is 43.5 Å². The molecule has 0 atom stereocenters. The van der Waals surface area contributed by atoms with E-state index >= 15 is 0 Å². The van der Waals surface area contributed by atoms with Crippen molar-refractivity contribution in [2.75, 3.05) is 26.8 Å². The summed E-state index contributed by atoms with van der Waals surface area (Å²) < 4.78 is 10.7. The number of amides is 2. The standard InChI is InChI=1S/C23H28N2O4/c1-28-20-9-7-18(8-10-20)17-24-23(27)19-11-14-25(15-12-19)22(26)13-16-29-21-5-3-2-4-6-21/h2-10,19H,11-17H2,1H3,(H,24,27). The third-order valence-electron chi connectivity index (χ3n) is 5.17. The van der Waals surface area contributed by atoms with Crippen molar-refractivity contribution in [1.82, 2.24) is 10.2 Å². The number of carbonyl (C=O) groups is 2. The fourth-order valence-electron chi connectivity index (χ4n) is 3.40. The molecule has 1 fully saturated rings. The van der Waals surface area contributed by atoms with Crippen LogP contribution in [0.5, 0.6) is 11.5 Å². The Morgan fingerprint density at radius 2 is 1.69 bits per heavy atom. The SMILES string of the molecule is COc1ccc(CNC(=O)C2CCN(C(=O)CCOc3ccccc3)CC2)cc1. The Balaban J connectivity index is 1.35. The third kappa shape index (κ3) is 6.24. The van der Waals surface area contributed by atoms with Crippen molar-refractivity contribution in [3.63, 3.8) is 0 Å². The van der Waals surface area contributed by atoms with Crippen molar-refractivity contribution < 1.29 is 19.1 Å². The lowest BCUT2D eigenvalue weighted by atomic mass is 9.95. The lowest BCUT2D eigenvalue weighted by Gasteiger charge is -2.31. The summed E-state index contributed by atoms with van der Waals surface area (Å²) in [5.74, 6) is 1.66. The van der Waals surface area contributed by atoms with Crippen LogP contribution in [0.1, 0.15) is 24.8 Å². The van der Waals surface area contributed by atoms with E-state index in [9.17, 15) is 9.59 Å². The number of likely N-dealkylation sites (tertiary alicyclic amines) is 1. The van der Waals surface area contributed by atoms with Gasteiger partial charge in [-0.2, -0.15) is 0 Å². The first-order chi connectivity index (χ1) is 14.2. The summed E-state index contributed by atoms with van der Waals surface area (Å²) >= 11 is 0. The molecule has 0 aliphatic carbocycles. The fraction of sp³-hybridized carbons (Fsp3) is 0.391. The highest BCUT2D eigenvalue weighted by atomic mass is 16.5. The normalized spacial score (nSPS) is 14.3. The first-order valence-corrected chi connectivity index (χ1v) is 10.0. The summed E-state index contributed by atoms with van der Waals surface area (Å²) in [6, 6.07) is 17.1. The first-order valence-electron chi connectivity index (χ1n) is 10.0. The number of ether oxygens (including phenoxy) is 2. The van der Waals surface area contributed by atoms with Gasteiger partial charge in [0.25, 0.3) is 0 Å². The minimum atomic E-state index is -0.0436. The Morgan fingerprint density at radius 1 is 1.00 bits per heavy atom. The lowest BCUT2D eigenvalue weighted by molar-refractivity contribution is -0.136. The number of piperidine rings is 1. The van der Waals surface area contributed by atoms with E-state index in [1.807, 2.05) is 59.5 Å². The van der Waals surface area contributed by atoms with E-state index < -0.39 is 0 Å². The number of hydrogen-bond acceptors (Lipinski definition) is 4. The van der Waals surface area contributed by atoms with E-state index in [-0.39, 0.29) is 17.7 Å². The summed E-state index contributed by atoms with van der Waals surface area (Å²) in [5.41, 5.74) is 1.03. The maximum absolute atomic E-state index is 12.4. The number of rotatable bonds is 8. The Kier molecular flexibility index (Phi) is 7.50. The van der Waals surface area contributed by atoms with Crippen molar-refractivity contribution in [3.8, 4) is 11.5 Å². The highest BCUT2D eigenvalue weighted by Gasteiger charge is 2.27. The van der Waals surface area contributed by atoms with Gasteiger partial charge in [0.05, 0.1) is 20.1 Å². The second kappa shape index (κ2) is 10.5. The molecule has 0 unspecified atom stereocenters. The summed E-state index contributed by atoms with van der Waals surface area (Å²) in [5, 5.41) is 3.00. The summed E-state index contributed by atoms with van der Waals surface area (Å²) in [6.07, 6.45) is 1.74. The van der Waals surface area contributed by atoms with Crippen LogP contribution in [0.15, 0.2) is 54.6 Å². The molecule has 0 bridgehead atoms. The minimum absolute atomic E-state index is 0.0436. The Bertz CT molecular complexity index is 784. The maximum atomic E-state index is 12.4. The van der Waals surface area contributed by atoms with Crippen LogP contribution in [0, 0.1) is 5.92 Å². The average molecular weight is 396 g/mol. The fourth-order valence-corrected chi connectivity index (χ4v) is 3.40. The zero-order chi connectivity index (χ0) is 20.5. The molecule has 6 nitrogen and oxygen atoms in total. The summed E-state index contributed by atoms with van der Waals surface area (Å²) in [6.45, 7) is 2.10. The van der Waals surface area contributed by atoms with Crippen LogP contribution in [0.4, 0.5) is 0 Å². The number of nitrogens with one attached hydrogen (secondary N) is 1. The molecule has 1 aliphatic rings. The van der Waals surface area contributed by atoms with Gasteiger partial charge in [-0.05, 0) is 42.7 Å². The molecule has 154 valence electrons. The van der Waals surface area contributed by atoms with Gasteiger partial charge in [0, 0.05) is 25.6 Å². The van der Waals surface area contributed by atoms with Gasteiger partial charge < -0.3 is 19.7 Å². The van der Waals surface area contributed by atoms with E-state index in [0.717, 1.165) is 17.1 Å². The van der Waals surface area contributed by atoms with Gasteiger partial charge in [0.1, 0.15) is 11.5 Å². The molecule has 2 aromatic rings. The highest BCUT2D eigenvalue weighted by molar-refractivity contribution is 5.80. The molecule has 1 saturated heterocycles. The molecule has 1 heterocycles. The van der Waals surface area contributed by atoms with E-state index in [1.54, 1.807) is 7.11 Å². The molecule has 0 radical (unpaired) electrons. The van der Waals surface area contributed by atoms with Crippen molar-refractivity contribution in [2.24, 2.45) is 5.92 Å². The van der Waals surface area contributed by atoms with Crippen LogP contribution >= 0.6 is 0 Å². The Labute approximate surface area is 171 Å². The van der Waals surface area contributed by atoms with Crippen molar-refractivity contribution in [1.29, 1.82) is 0 Å². The number of nitrogens with zero attached hydrogens (tertiary/aromatic N) is 1. The molecular formula is C23H28N2O4. The van der Waals surface area contributed by atoms with Gasteiger partial charge in [0.2, 0.25) is 11.8 Å². The molecule has 3 rings (SSSR count). The van der Waals surface area contributed by atoms with Crippen LogP contribution in [-0.2, 0) is 16.1 Å². The van der Waals surface area contributed by atoms with E-state index in [1.165, 1.54) is 0 Å². The molecule has 0 saturated carbocycles. The number of methoxy groups -OCH3 is 1. The van der Waals surface area contributed by atoms with Crippen molar-refractivity contribution in [3.05, 3.63) is 60.2 Å². The van der Waals surface area contributed by atoms with Gasteiger partial charge in [-0.15, -0.1) is 0 Å². The minimum Gasteiger partial charge on any atom is -0.497 e. The molecular weight excluding hydrogens is 368 g/mol.